The fourth-order valence-electron chi connectivity index (χ4n) is 4.27. The van der Waals surface area contributed by atoms with Gasteiger partial charge in [0.15, 0.2) is 0 Å². The number of nitrogens with one attached hydrogen (secondary N) is 1. The average molecular weight is 266 g/mol. The Hall–Kier alpha value is -0.120. The van der Waals surface area contributed by atoms with E-state index in [4.69, 9.17) is 4.74 Å². The predicted molar refractivity (Wildman–Crippen MR) is 78.4 cm³/mol. The Morgan fingerprint density at radius 1 is 1.26 bits per heavy atom. The van der Waals surface area contributed by atoms with Crippen LogP contribution >= 0.6 is 0 Å². The van der Waals surface area contributed by atoms with Crippen LogP contribution in [0.15, 0.2) is 0 Å². The molecule has 110 valence electrons. The number of ether oxygens (including phenoxy) is 1. The second-order valence-corrected chi connectivity index (χ2v) is 7.20. The summed E-state index contributed by atoms with van der Waals surface area (Å²) >= 11 is 0. The van der Waals surface area contributed by atoms with E-state index < -0.39 is 0 Å². The van der Waals surface area contributed by atoms with Crippen molar-refractivity contribution in [2.75, 3.05) is 26.3 Å². The molecule has 2 aliphatic heterocycles. The van der Waals surface area contributed by atoms with Crippen molar-refractivity contribution < 1.29 is 4.74 Å². The first kappa shape index (κ1) is 13.8. The van der Waals surface area contributed by atoms with Crippen LogP contribution in [0.25, 0.3) is 0 Å². The molecule has 1 saturated carbocycles. The van der Waals surface area contributed by atoms with Crippen molar-refractivity contribution in [3.05, 3.63) is 0 Å². The number of piperazine rings is 1. The highest BCUT2D eigenvalue weighted by Gasteiger charge is 2.48. The molecular weight excluding hydrogens is 236 g/mol. The van der Waals surface area contributed by atoms with E-state index in [0.29, 0.717) is 17.1 Å². The van der Waals surface area contributed by atoms with Crippen LogP contribution in [0.2, 0.25) is 0 Å². The largest absolute Gasteiger partial charge is 0.380 e. The molecule has 3 fully saturated rings. The molecule has 2 atom stereocenters. The Bertz CT molecular complexity index is 308. The van der Waals surface area contributed by atoms with Gasteiger partial charge in [0.05, 0.1) is 6.61 Å². The van der Waals surface area contributed by atoms with Crippen LogP contribution in [0, 0.1) is 0 Å². The zero-order chi connectivity index (χ0) is 13.3. The first-order valence-corrected chi connectivity index (χ1v) is 8.27. The molecule has 0 amide bonds. The van der Waals surface area contributed by atoms with Gasteiger partial charge in [0, 0.05) is 36.8 Å². The van der Waals surface area contributed by atoms with Crippen molar-refractivity contribution in [3.8, 4) is 0 Å². The third-order valence-electron chi connectivity index (χ3n) is 5.88. The first-order valence-electron chi connectivity index (χ1n) is 8.27. The SMILES string of the molecule is CCC1(C)CN(C2CCOC2)C2(CCCCC2)CN1. The molecule has 3 rings (SSSR count). The molecule has 3 heteroatoms. The summed E-state index contributed by atoms with van der Waals surface area (Å²) in [5.74, 6) is 0. The topological polar surface area (TPSA) is 24.5 Å². The molecule has 2 unspecified atom stereocenters. The van der Waals surface area contributed by atoms with Gasteiger partial charge >= 0.3 is 0 Å². The minimum Gasteiger partial charge on any atom is -0.380 e. The smallest absolute Gasteiger partial charge is 0.0622 e. The molecule has 0 bridgehead atoms. The fourth-order valence-corrected chi connectivity index (χ4v) is 4.27. The lowest BCUT2D eigenvalue weighted by Crippen LogP contribution is -2.71. The van der Waals surface area contributed by atoms with Crippen molar-refractivity contribution >= 4 is 0 Å². The van der Waals surface area contributed by atoms with E-state index in [1.54, 1.807) is 0 Å². The van der Waals surface area contributed by atoms with Crippen molar-refractivity contribution in [2.45, 2.75) is 75.9 Å². The Labute approximate surface area is 118 Å². The van der Waals surface area contributed by atoms with Crippen LogP contribution in [0.3, 0.4) is 0 Å². The van der Waals surface area contributed by atoms with Crippen molar-refractivity contribution in [1.82, 2.24) is 10.2 Å². The molecule has 2 heterocycles. The van der Waals surface area contributed by atoms with E-state index in [1.807, 2.05) is 0 Å². The summed E-state index contributed by atoms with van der Waals surface area (Å²) in [7, 11) is 0. The third kappa shape index (κ3) is 2.57. The van der Waals surface area contributed by atoms with Gasteiger partial charge in [-0.3, -0.25) is 4.90 Å². The Morgan fingerprint density at radius 3 is 2.68 bits per heavy atom. The summed E-state index contributed by atoms with van der Waals surface area (Å²) in [6.07, 6.45) is 9.48. The van der Waals surface area contributed by atoms with E-state index in [9.17, 15) is 0 Å². The lowest BCUT2D eigenvalue weighted by atomic mass is 9.75. The minimum atomic E-state index is 0.297. The highest BCUT2D eigenvalue weighted by atomic mass is 16.5. The van der Waals surface area contributed by atoms with Crippen LogP contribution in [0.1, 0.15) is 58.8 Å². The maximum Gasteiger partial charge on any atom is 0.0622 e. The van der Waals surface area contributed by atoms with E-state index in [-0.39, 0.29) is 0 Å². The van der Waals surface area contributed by atoms with Gasteiger partial charge in [-0.05, 0) is 32.6 Å². The quantitative estimate of drug-likeness (QED) is 0.831. The molecule has 0 radical (unpaired) electrons. The zero-order valence-electron chi connectivity index (χ0n) is 12.7. The van der Waals surface area contributed by atoms with Crippen LogP contribution in [0.5, 0.6) is 0 Å². The fraction of sp³-hybridized carbons (Fsp3) is 1.00. The predicted octanol–water partition coefficient (Wildman–Crippen LogP) is 2.55. The second kappa shape index (κ2) is 5.34. The number of hydrogen-bond donors (Lipinski definition) is 1. The van der Waals surface area contributed by atoms with Gasteiger partial charge in [0.1, 0.15) is 0 Å². The maximum absolute atomic E-state index is 5.68. The van der Waals surface area contributed by atoms with E-state index in [0.717, 1.165) is 13.2 Å². The number of nitrogens with zero attached hydrogens (tertiary/aromatic N) is 1. The molecule has 1 aliphatic carbocycles. The van der Waals surface area contributed by atoms with Gasteiger partial charge in [0.2, 0.25) is 0 Å². The molecule has 0 aromatic rings. The molecule has 1 N–H and O–H groups in total. The van der Waals surface area contributed by atoms with Gasteiger partial charge in [-0.25, -0.2) is 0 Å². The standard InChI is InChI=1S/C16H30N2O/c1-3-15(2)13-18(14-7-10-19-11-14)16(12-17-15)8-5-4-6-9-16/h14,17H,3-13H2,1-2H3. The number of rotatable bonds is 2. The Morgan fingerprint density at radius 2 is 2.05 bits per heavy atom. The Balaban J connectivity index is 1.81. The minimum absolute atomic E-state index is 0.297. The average Bonchev–Trinajstić information content (AvgIpc) is 2.97. The van der Waals surface area contributed by atoms with Gasteiger partial charge in [-0.2, -0.15) is 0 Å². The van der Waals surface area contributed by atoms with Crippen molar-refractivity contribution in [2.24, 2.45) is 0 Å². The van der Waals surface area contributed by atoms with Gasteiger partial charge in [-0.15, -0.1) is 0 Å². The van der Waals surface area contributed by atoms with Gasteiger partial charge in [-0.1, -0.05) is 26.2 Å². The van der Waals surface area contributed by atoms with E-state index >= 15 is 0 Å². The van der Waals surface area contributed by atoms with Crippen LogP contribution in [-0.4, -0.2) is 48.3 Å². The van der Waals surface area contributed by atoms with Crippen LogP contribution < -0.4 is 5.32 Å². The molecular formula is C16H30N2O. The molecule has 1 spiro atoms. The third-order valence-corrected chi connectivity index (χ3v) is 5.88. The summed E-state index contributed by atoms with van der Waals surface area (Å²) in [6.45, 7) is 9.03. The number of hydrogen-bond acceptors (Lipinski definition) is 3. The lowest BCUT2D eigenvalue weighted by Gasteiger charge is -2.57. The normalized spacial score (nSPS) is 39.8. The molecule has 0 aromatic heterocycles. The highest BCUT2D eigenvalue weighted by Crippen LogP contribution is 2.40. The molecule has 0 aromatic carbocycles. The summed E-state index contributed by atoms with van der Waals surface area (Å²) < 4.78 is 5.68. The summed E-state index contributed by atoms with van der Waals surface area (Å²) in [5.41, 5.74) is 0.733. The van der Waals surface area contributed by atoms with E-state index in [1.165, 1.54) is 58.0 Å². The second-order valence-electron chi connectivity index (χ2n) is 7.20. The van der Waals surface area contributed by atoms with Gasteiger partial charge in [0.25, 0.3) is 0 Å². The molecule has 19 heavy (non-hydrogen) atoms. The van der Waals surface area contributed by atoms with Gasteiger partial charge < -0.3 is 10.1 Å². The first-order chi connectivity index (χ1) is 9.18. The van der Waals surface area contributed by atoms with E-state index in [2.05, 4.69) is 24.1 Å². The molecule has 3 aliphatic rings. The summed E-state index contributed by atoms with van der Waals surface area (Å²) in [4.78, 5) is 2.86. The monoisotopic (exact) mass is 266 g/mol. The molecule has 2 saturated heterocycles. The summed E-state index contributed by atoms with van der Waals surface area (Å²) in [6, 6.07) is 0.672. The zero-order valence-corrected chi connectivity index (χ0v) is 12.7. The van der Waals surface area contributed by atoms with Crippen LogP contribution in [-0.2, 0) is 4.74 Å². The van der Waals surface area contributed by atoms with Crippen molar-refractivity contribution in [3.63, 3.8) is 0 Å². The Kier molecular flexibility index (Phi) is 3.89. The lowest BCUT2D eigenvalue weighted by molar-refractivity contribution is -0.0462. The highest BCUT2D eigenvalue weighted by molar-refractivity contribution is 5.06. The molecule has 3 nitrogen and oxygen atoms in total. The van der Waals surface area contributed by atoms with Crippen LogP contribution in [0.4, 0.5) is 0 Å². The maximum atomic E-state index is 5.68. The van der Waals surface area contributed by atoms with Crippen molar-refractivity contribution in [1.29, 1.82) is 0 Å². The summed E-state index contributed by atoms with van der Waals surface area (Å²) in [5, 5.41) is 3.88.